The monoisotopic (exact) mass is 118 g/mol. The molecule has 0 unspecified atom stereocenters. The normalized spacial score (nSPS) is 8.00. The van der Waals surface area contributed by atoms with Crippen LogP contribution < -0.4 is 0 Å². The molecule has 0 aliphatic carbocycles. The Morgan fingerprint density at radius 2 is 1.22 bits per heavy atom. The second-order valence-corrected chi connectivity index (χ2v) is 1.49. The first-order valence-corrected chi connectivity index (χ1v) is 2.27. The standard InChI is InChI=1S/C6H6O2.Li.H/c7-5-3-1-2-4-6(5)8;;/h1-4,7-8H;;. The van der Waals surface area contributed by atoms with E-state index in [1.165, 1.54) is 12.1 Å². The van der Waals surface area contributed by atoms with E-state index < -0.39 is 0 Å². The fourth-order valence-corrected chi connectivity index (χ4v) is 0.464. The molecule has 0 aromatic heterocycles. The van der Waals surface area contributed by atoms with Crippen molar-refractivity contribution in [2.75, 3.05) is 0 Å². The Balaban J connectivity index is 0.000000640. The third kappa shape index (κ3) is 2.01. The number of benzene rings is 1. The zero-order valence-corrected chi connectivity index (χ0v) is 4.20. The summed E-state index contributed by atoms with van der Waals surface area (Å²) in [6.45, 7) is 0. The summed E-state index contributed by atoms with van der Waals surface area (Å²) < 4.78 is 0. The quantitative estimate of drug-likeness (QED) is 0.383. The Labute approximate surface area is 65.3 Å². The van der Waals surface area contributed by atoms with Crippen LogP contribution >= 0.6 is 0 Å². The summed E-state index contributed by atoms with van der Waals surface area (Å²) in [6.07, 6.45) is 0. The van der Waals surface area contributed by atoms with Crippen LogP contribution in [0.5, 0.6) is 11.5 Å². The fourth-order valence-electron chi connectivity index (χ4n) is 0.464. The summed E-state index contributed by atoms with van der Waals surface area (Å²) in [6, 6.07) is 6.15. The second kappa shape index (κ2) is 3.44. The van der Waals surface area contributed by atoms with Crippen LogP contribution in [0.4, 0.5) is 0 Å². The number of hydrogen-bond acceptors (Lipinski definition) is 2. The molecule has 1 rings (SSSR count). The van der Waals surface area contributed by atoms with Gasteiger partial charge in [-0.25, -0.2) is 0 Å². The molecule has 0 atom stereocenters. The van der Waals surface area contributed by atoms with Gasteiger partial charge in [0.25, 0.3) is 0 Å². The van der Waals surface area contributed by atoms with E-state index in [4.69, 9.17) is 10.2 Å². The molecule has 2 nitrogen and oxygen atoms in total. The number of hydrogen-bond donors (Lipinski definition) is 2. The van der Waals surface area contributed by atoms with Gasteiger partial charge in [0.05, 0.1) is 0 Å². The third-order valence-electron chi connectivity index (χ3n) is 0.882. The molecule has 0 aliphatic heterocycles. The van der Waals surface area contributed by atoms with Gasteiger partial charge in [-0.2, -0.15) is 0 Å². The molecule has 0 amide bonds. The first-order valence-electron chi connectivity index (χ1n) is 2.27. The van der Waals surface area contributed by atoms with Gasteiger partial charge in [-0.1, -0.05) is 12.1 Å². The Kier molecular flexibility index (Phi) is 3.22. The molecule has 44 valence electrons. The first kappa shape index (κ1) is 8.42. The van der Waals surface area contributed by atoms with Gasteiger partial charge in [0.15, 0.2) is 11.5 Å². The van der Waals surface area contributed by atoms with Crippen LogP contribution in [0.2, 0.25) is 0 Å². The average Bonchev–Trinajstić information content (AvgIpc) is 1.77. The van der Waals surface area contributed by atoms with Gasteiger partial charge in [-0.15, -0.1) is 0 Å². The molecule has 0 saturated heterocycles. The summed E-state index contributed by atoms with van der Waals surface area (Å²) in [5, 5.41) is 17.3. The number of rotatable bonds is 0. The molecule has 1 aromatic carbocycles. The van der Waals surface area contributed by atoms with Gasteiger partial charge < -0.3 is 10.2 Å². The molecule has 1 aromatic rings. The molecule has 2 N–H and O–H groups in total. The Bertz CT molecular complexity index is 167. The minimum absolute atomic E-state index is 0. The van der Waals surface area contributed by atoms with Crippen LogP contribution in [0.1, 0.15) is 0 Å². The topological polar surface area (TPSA) is 40.5 Å². The molecular formula is C6H7LiO2. The van der Waals surface area contributed by atoms with Crippen LogP contribution in [-0.2, 0) is 0 Å². The second-order valence-electron chi connectivity index (χ2n) is 1.49. The molecule has 0 aliphatic rings. The van der Waals surface area contributed by atoms with Gasteiger partial charge in [-0.3, -0.25) is 0 Å². The van der Waals surface area contributed by atoms with Gasteiger partial charge in [0.1, 0.15) is 0 Å². The van der Waals surface area contributed by atoms with E-state index in [-0.39, 0.29) is 30.4 Å². The molecule has 0 saturated carbocycles. The average molecular weight is 118 g/mol. The predicted octanol–water partition coefficient (Wildman–Crippen LogP) is 0.449. The van der Waals surface area contributed by atoms with Crippen molar-refractivity contribution in [2.45, 2.75) is 0 Å². The first-order chi connectivity index (χ1) is 3.80. The molecule has 0 radical (unpaired) electrons. The molecule has 9 heavy (non-hydrogen) atoms. The van der Waals surface area contributed by atoms with E-state index in [1.807, 2.05) is 0 Å². The molecule has 3 heteroatoms. The summed E-state index contributed by atoms with van der Waals surface area (Å²) in [5.74, 6) is -0.153. The summed E-state index contributed by atoms with van der Waals surface area (Å²) >= 11 is 0. The Morgan fingerprint density at radius 1 is 0.889 bits per heavy atom. The third-order valence-corrected chi connectivity index (χ3v) is 0.882. The van der Waals surface area contributed by atoms with Crippen LogP contribution in [0.25, 0.3) is 0 Å². The van der Waals surface area contributed by atoms with Gasteiger partial charge >= 0.3 is 18.9 Å². The minimum atomic E-state index is -0.0764. The molecule has 0 heterocycles. The van der Waals surface area contributed by atoms with Crippen molar-refractivity contribution in [2.24, 2.45) is 0 Å². The number of phenols is 2. The van der Waals surface area contributed by atoms with Gasteiger partial charge in [0.2, 0.25) is 0 Å². The summed E-state index contributed by atoms with van der Waals surface area (Å²) in [4.78, 5) is 0. The SMILES string of the molecule is Oc1ccccc1O.[LiH]. The van der Waals surface area contributed by atoms with Crippen molar-refractivity contribution in [3.63, 3.8) is 0 Å². The predicted molar refractivity (Wildman–Crippen MR) is 36.9 cm³/mol. The van der Waals surface area contributed by atoms with Crippen molar-refractivity contribution in [3.8, 4) is 11.5 Å². The van der Waals surface area contributed by atoms with Crippen molar-refractivity contribution in [1.82, 2.24) is 0 Å². The molecule has 0 spiro atoms. The summed E-state index contributed by atoms with van der Waals surface area (Å²) in [5.41, 5.74) is 0. The van der Waals surface area contributed by atoms with E-state index in [1.54, 1.807) is 12.1 Å². The zero-order valence-electron chi connectivity index (χ0n) is 4.20. The van der Waals surface area contributed by atoms with Crippen molar-refractivity contribution in [3.05, 3.63) is 24.3 Å². The van der Waals surface area contributed by atoms with Crippen LogP contribution in [0.3, 0.4) is 0 Å². The maximum atomic E-state index is 8.67. The van der Waals surface area contributed by atoms with Crippen molar-refractivity contribution in [1.29, 1.82) is 0 Å². The van der Waals surface area contributed by atoms with Crippen LogP contribution in [0, 0.1) is 0 Å². The molecular weight excluding hydrogens is 111 g/mol. The van der Waals surface area contributed by atoms with Crippen LogP contribution in [0.15, 0.2) is 24.3 Å². The van der Waals surface area contributed by atoms with Crippen molar-refractivity contribution < 1.29 is 10.2 Å². The van der Waals surface area contributed by atoms with E-state index in [2.05, 4.69) is 0 Å². The van der Waals surface area contributed by atoms with E-state index in [0.29, 0.717) is 0 Å². The number of para-hydroxylation sites is 2. The molecule has 0 fully saturated rings. The van der Waals surface area contributed by atoms with E-state index >= 15 is 0 Å². The van der Waals surface area contributed by atoms with Gasteiger partial charge in [-0.05, 0) is 12.1 Å². The van der Waals surface area contributed by atoms with E-state index in [9.17, 15) is 0 Å². The Morgan fingerprint density at radius 3 is 1.44 bits per heavy atom. The fraction of sp³-hybridized carbons (Fsp3) is 0. The summed E-state index contributed by atoms with van der Waals surface area (Å²) in [7, 11) is 0. The van der Waals surface area contributed by atoms with E-state index in [0.717, 1.165) is 0 Å². The number of phenolic OH excluding ortho intramolecular Hbond substituents is 2. The molecule has 0 bridgehead atoms. The van der Waals surface area contributed by atoms with Gasteiger partial charge in [0, 0.05) is 0 Å². The van der Waals surface area contributed by atoms with Crippen molar-refractivity contribution >= 4 is 18.9 Å². The Hall–Kier alpha value is -0.583. The van der Waals surface area contributed by atoms with Crippen LogP contribution in [-0.4, -0.2) is 29.1 Å². The number of aromatic hydroxyl groups is 2. The maximum absolute atomic E-state index is 8.67. The zero-order chi connectivity index (χ0) is 5.98.